The number of thioether (sulfide) groups is 1. The van der Waals surface area contributed by atoms with Gasteiger partial charge < -0.3 is 4.57 Å². The minimum absolute atomic E-state index is 0.360. The maximum absolute atomic E-state index is 4.07. The number of nitrogens with zero attached hydrogens (tertiary/aromatic N) is 1. The number of aromatic nitrogens is 1. The minimum Gasteiger partial charge on any atom is -0.309 e. The third-order valence-electron chi connectivity index (χ3n) is 10.3. The number of fused-ring (bicyclic) bond motifs is 8. The van der Waals surface area contributed by atoms with Crippen LogP contribution in [0, 0.1) is 0 Å². The molecule has 1 unspecified atom stereocenters. The van der Waals surface area contributed by atoms with E-state index in [1.807, 2.05) is 17.8 Å². The quantitative estimate of drug-likeness (QED) is 0.0948. The molecule has 49 heavy (non-hydrogen) atoms. The molecule has 0 saturated carbocycles. The van der Waals surface area contributed by atoms with Crippen molar-refractivity contribution in [3.05, 3.63) is 204 Å². The summed E-state index contributed by atoms with van der Waals surface area (Å²) in [6.07, 6.45) is 9.42. The van der Waals surface area contributed by atoms with Crippen LogP contribution in [-0.2, 0) is 11.8 Å². The second kappa shape index (κ2) is 11.8. The lowest BCUT2D eigenvalue weighted by atomic mass is 9.68. The predicted molar refractivity (Wildman–Crippen MR) is 211 cm³/mol. The van der Waals surface area contributed by atoms with Crippen molar-refractivity contribution in [2.24, 2.45) is 0 Å². The van der Waals surface area contributed by atoms with Crippen molar-refractivity contribution >= 4 is 55.1 Å². The highest BCUT2D eigenvalue weighted by molar-refractivity contribution is 8.03. The zero-order chi connectivity index (χ0) is 33.0. The first-order valence-corrected chi connectivity index (χ1v) is 17.8. The smallest absolute Gasteiger partial charge is 0.0585 e. The molecule has 0 bridgehead atoms. The average Bonchev–Trinajstić information content (AvgIpc) is 3.49. The van der Waals surface area contributed by atoms with Gasteiger partial charge in [-0.15, -0.1) is 0 Å². The fourth-order valence-electron chi connectivity index (χ4n) is 8.02. The van der Waals surface area contributed by atoms with E-state index in [9.17, 15) is 0 Å². The van der Waals surface area contributed by atoms with Gasteiger partial charge in [-0.05, 0) is 81.4 Å². The molecule has 0 fully saturated rings. The molecule has 0 spiro atoms. The maximum Gasteiger partial charge on any atom is 0.0585 e. The van der Waals surface area contributed by atoms with Crippen molar-refractivity contribution < 1.29 is 0 Å². The van der Waals surface area contributed by atoms with Gasteiger partial charge >= 0.3 is 0 Å². The van der Waals surface area contributed by atoms with Gasteiger partial charge in [-0.3, -0.25) is 0 Å². The van der Waals surface area contributed by atoms with Crippen molar-refractivity contribution in [3.8, 4) is 5.69 Å². The Kier molecular flexibility index (Phi) is 7.14. The van der Waals surface area contributed by atoms with Crippen LogP contribution in [0.5, 0.6) is 0 Å². The SMILES string of the molecule is C=C/C=C(\C=C/Cc1ccc2ccc3ccccc3c2c1)Sc1ccccc1C1(C)c2ccccc2-n2c3ccccc3c3cccc1c32. The number of para-hydroxylation sites is 3. The molecule has 1 atom stereocenters. The van der Waals surface area contributed by atoms with Crippen molar-refractivity contribution in [2.45, 2.75) is 23.7 Å². The molecule has 0 amide bonds. The van der Waals surface area contributed by atoms with Crippen molar-refractivity contribution in [1.29, 1.82) is 0 Å². The van der Waals surface area contributed by atoms with Gasteiger partial charge in [0.25, 0.3) is 0 Å². The van der Waals surface area contributed by atoms with Gasteiger partial charge in [0.15, 0.2) is 0 Å². The van der Waals surface area contributed by atoms with Crippen LogP contribution < -0.4 is 0 Å². The second-order valence-corrected chi connectivity index (χ2v) is 14.2. The van der Waals surface area contributed by atoms with E-state index in [2.05, 4.69) is 182 Å². The fourth-order valence-corrected chi connectivity index (χ4v) is 9.13. The lowest BCUT2D eigenvalue weighted by molar-refractivity contribution is 0.665. The van der Waals surface area contributed by atoms with Gasteiger partial charge in [0.1, 0.15) is 0 Å². The van der Waals surface area contributed by atoms with Crippen molar-refractivity contribution in [2.75, 3.05) is 0 Å². The standard InChI is InChI=1S/C47H35NS/c1-3-14-35(17-12-15-32-27-28-34-30-29-33-16-4-5-18-36(33)39(34)31-32)49-45-26-11-8-22-41(45)47(2)40-21-7-10-25-44(40)48-43-24-9-6-19-37(43)38-20-13-23-42(47)46(38)48/h3-14,16-31H,1,15H2,2H3/b17-12-,35-14+. The van der Waals surface area contributed by atoms with Gasteiger partial charge in [0, 0.05) is 26.0 Å². The molecule has 0 radical (unpaired) electrons. The summed E-state index contributed by atoms with van der Waals surface area (Å²) in [6, 6.07) is 53.5. The summed E-state index contributed by atoms with van der Waals surface area (Å²) in [5, 5.41) is 7.77. The first-order chi connectivity index (χ1) is 24.1. The number of hydrogen-bond donors (Lipinski definition) is 0. The molecule has 2 heterocycles. The number of benzene rings is 7. The molecule has 8 aromatic rings. The Morgan fingerprint density at radius 3 is 2.20 bits per heavy atom. The topological polar surface area (TPSA) is 4.93 Å². The highest BCUT2D eigenvalue weighted by atomic mass is 32.2. The summed E-state index contributed by atoms with van der Waals surface area (Å²) in [7, 11) is 0. The van der Waals surface area contributed by atoms with Crippen molar-refractivity contribution in [3.63, 3.8) is 0 Å². The molecule has 234 valence electrons. The zero-order valence-corrected chi connectivity index (χ0v) is 28.3. The van der Waals surface area contributed by atoms with E-state index >= 15 is 0 Å². The Hall–Kier alpha value is -5.57. The Morgan fingerprint density at radius 1 is 0.653 bits per heavy atom. The van der Waals surface area contributed by atoms with Crippen LogP contribution in [-0.4, -0.2) is 4.57 Å². The first kappa shape index (κ1) is 29.6. The van der Waals surface area contributed by atoms with Crippen LogP contribution in [0.3, 0.4) is 0 Å². The van der Waals surface area contributed by atoms with Crippen LogP contribution >= 0.6 is 11.8 Å². The van der Waals surface area contributed by atoms with E-state index in [0.717, 1.165) is 11.3 Å². The molecule has 1 aliphatic rings. The summed E-state index contributed by atoms with van der Waals surface area (Å²) in [5.41, 5.74) is 8.71. The molecule has 1 aromatic heterocycles. The van der Waals surface area contributed by atoms with Gasteiger partial charge in [-0.1, -0.05) is 164 Å². The first-order valence-electron chi connectivity index (χ1n) is 16.9. The lowest BCUT2D eigenvalue weighted by Crippen LogP contribution is -2.31. The normalized spacial score (nSPS) is 15.8. The van der Waals surface area contributed by atoms with Crippen LogP contribution in [0.25, 0.3) is 49.0 Å². The van der Waals surface area contributed by atoms with Crippen LogP contribution in [0.4, 0.5) is 0 Å². The fraction of sp³-hybridized carbons (Fsp3) is 0.0638. The Labute approximate surface area is 291 Å². The monoisotopic (exact) mass is 645 g/mol. The molecule has 0 N–H and O–H groups in total. The summed E-state index contributed by atoms with van der Waals surface area (Å²) < 4.78 is 2.48. The highest BCUT2D eigenvalue weighted by Gasteiger charge is 2.41. The van der Waals surface area contributed by atoms with E-state index in [1.165, 1.54) is 76.2 Å². The molecular weight excluding hydrogens is 611 g/mol. The largest absolute Gasteiger partial charge is 0.309 e. The number of rotatable bonds is 7. The molecule has 0 aliphatic carbocycles. The van der Waals surface area contributed by atoms with E-state index in [4.69, 9.17) is 0 Å². The average molecular weight is 646 g/mol. The zero-order valence-electron chi connectivity index (χ0n) is 27.4. The van der Waals surface area contributed by atoms with Gasteiger partial charge in [0.05, 0.1) is 16.7 Å². The number of allylic oxidation sites excluding steroid dienone is 4. The van der Waals surface area contributed by atoms with Crippen LogP contribution in [0.2, 0.25) is 0 Å². The molecular formula is C47H35NS. The van der Waals surface area contributed by atoms with E-state index in [0.29, 0.717) is 0 Å². The maximum atomic E-state index is 4.07. The number of hydrogen-bond acceptors (Lipinski definition) is 1. The summed E-state index contributed by atoms with van der Waals surface area (Å²) in [4.78, 5) is 2.41. The molecule has 0 saturated heterocycles. The second-order valence-electron chi connectivity index (χ2n) is 13.0. The van der Waals surface area contributed by atoms with Gasteiger partial charge in [-0.2, -0.15) is 0 Å². The van der Waals surface area contributed by atoms with Gasteiger partial charge in [0.2, 0.25) is 0 Å². The molecule has 2 heteroatoms. The van der Waals surface area contributed by atoms with Crippen LogP contribution in [0.15, 0.2) is 186 Å². The molecule has 9 rings (SSSR count). The van der Waals surface area contributed by atoms with E-state index in [-0.39, 0.29) is 5.41 Å². The third-order valence-corrected chi connectivity index (χ3v) is 11.4. The summed E-state index contributed by atoms with van der Waals surface area (Å²) in [6.45, 7) is 6.49. The Morgan fingerprint density at radius 2 is 1.33 bits per heavy atom. The van der Waals surface area contributed by atoms with Crippen molar-refractivity contribution in [1.82, 2.24) is 4.57 Å². The lowest BCUT2D eigenvalue weighted by Gasteiger charge is -2.39. The van der Waals surface area contributed by atoms with E-state index < -0.39 is 0 Å². The van der Waals surface area contributed by atoms with Crippen LogP contribution in [0.1, 0.15) is 29.2 Å². The molecule has 1 aliphatic heterocycles. The predicted octanol–water partition coefficient (Wildman–Crippen LogP) is 12.7. The Balaban J connectivity index is 1.11. The Bertz CT molecular complexity index is 2650. The molecule has 1 nitrogen and oxygen atoms in total. The molecule has 7 aromatic carbocycles. The summed E-state index contributed by atoms with van der Waals surface area (Å²) >= 11 is 1.82. The van der Waals surface area contributed by atoms with E-state index in [1.54, 1.807) is 0 Å². The summed E-state index contributed by atoms with van der Waals surface area (Å²) in [5.74, 6) is 0. The highest BCUT2D eigenvalue weighted by Crippen LogP contribution is 2.52. The van der Waals surface area contributed by atoms with Gasteiger partial charge in [-0.25, -0.2) is 0 Å². The minimum atomic E-state index is -0.360. The third kappa shape index (κ3) is 4.70.